The van der Waals surface area contributed by atoms with Crippen molar-refractivity contribution in [3.8, 4) is 5.75 Å². The summed E-state index contributed by atoms with van der Waals surface area (Å²) in [4.78, 5) is 25.8. The Bertz CT molecular complexity index is 685. The number of rotatable bonds is 3. The lowest BCUT2D eigenvalue weighted by Gasteiger charge is -2.06. The predicted molar refractivity (Wildman–Crippen MR) is 71.7 cm³/mol. The van der Waals surface area contributed by atoms with Gasteiger partial charge in [-0.15, -0.1) is 0 Å². The van der Waals surface area contributed by atoms with Crippen LogP contribution in [-0.4, -0.2) is 20.9 Å². The third-order valence-electron chi connectivity index (χ3n) is 2.64. The van der Waals surface area contributed by atoms with E-state index in [1.165, 1.54) is 36.7 Å². The minimum Gasteiger partial charge on any atom is -0.506 e. The van der Waals surface area contributed by atoms with Gasteiger partial charge in [0, 0.05) is 23.5 Å². The molecule has 0 aliphatic carbocycles. The zero-order chi connectivity index (χ0) is 14.7. The molecule has 2 rings (SSSR count). The lowest BCUT2D eigenvalue weighted by molar-refractivity contribution is -0.385. The molecule has 1 aromatic heterocycles. The van der Waals surface area contributed by atoms with Gasteiger partial charge in [-0.2, -0.15) is 0 Å². The highest BCUT2D eigenvalue weighted by molar-refractivity contribution is 6.04. The van der Waals surface area contributed by atoms with Gasteiger partial charge in [0.2, 0.25) is 0 Å². The lowest BCUT2D eigenvalue weighted by Crippen LogP contribution is -2.12. The molecule has 2 aromatic rings. The van der Waals surface area contributed by atoms with E-state index < -0.39 is 10.8 Å². The van der Waals surface area contributed by atoms with E-state index in [0.717, 1.165) is 0 Å². The zero-order valence-corrected chi connectivity index (χ0v) is 10.5. The predicted octanol–water partition coefficient (Wildman–Crippen LogP) is 2.26. The van der Waals surface area contributed by atoms with Gasteiger partial charge in [-0.1, -0.05) is 0 Å². The molecule has 7 heteroatoms. The van der Waals surface area contributed by atoms with Crippen molar-refractivity contribution in [2.45, 2.75) is 6.92 Å². The maximum atomic E-state index is 11.9. The first-order valence-corrected chi connectivity index (χ1v) is 5.68. The van der Waals surface area contributed by atoms with Gasteiger partial charge in [-0.05, 0) is 25.1 Å². The van der Waals surface area contributed by atoms with Gasteiger partial charge in [0.05, 0.1) is 16.7 Å². The van der Waals surface area contributed by atoms with Crippen LogP contribution in [0.1, 0.15) is 15.9 Å². The molecule has 0 radical (unpaired) electrons. The van der Waals surface area contributed by atoms with E-state index in [-0.39, 0.29) is 17.0 Å². The van der Waals surface area contributed by atoms with Crippen molar-refractivity contribution in [2.75, 3.05) is 5.32 Å². The molecular weight excluding hydrogens is 262 g/mol. The van der Waals surface area contributed by atoms with Gasteiger partial charge in [-0.3, -0.25) is 19.9 Å². The highest BCUT2D eigenvalue weighted by atomic mass is 16.6. The third kappa shape index (κ3) is 2.89. The number of aromatic hydroxyl groups is 1. The molecule has 0 saturated heterocycles. The van der Waals surface area contributed by atoms with Crippen LogP contribution in [0.15, 0.2) is 36.7 Å². The van der Waals surface area contributed by atoms with Crippen molar-refractivity contribution in [3.05, 3.63) is 57.9 Å². The minimum atomic E-state index is -0.486. The van der Waals surface area contributed by atoms with Crippen molar-refractivity contribution in [2.24, 2.45) is 0 Å². The van der Waals surface area contributed by atoms with Crippen molar-refractivity contribution < 1.29 is 14.8 Å². The largest absolute Gasteiger partial charge is 0.506 e. The first-order valence-electron chi connectivity index (χ1n) is 5.68. The first kappa shape index (κ1) is 13.5. The summed E-state index contributed by atoms with van der Waals surface area (Å²) in [6, 6.07) is 5.55. The normalized spacial score (nSPS) is 10.1. The Labute approximate surface area is 114 Å². The standard InChI is InChI=1S/C13H11N3O4/c1-8-4-10(2-3-12(8)16(19)20)15-13(18)9-5-11(17)7-14-6-9/h2-7,17H,1H3,(H,15,18). The van der Waals surface area contributed by atoms with Crippen molar-refractivity contribution >= 4 is 17.3 Å². The van der Waals surface area contributed by atoms with E-state index in [0.29, 0.717) is 11.3 Å². The summed E-state index contributed by atoms with van der Waals surface area (Å²) in [5.41, 5.74) is 1.06. The molecule has 0 aliphatic rings. The number of amides is 1. The topological polar surface area (TPSA) is 105 Å². The smallest absolute Gasteiger partial charge is 0.272 e. The van der Waals surface area contributed by atoms with Crippen LogP contribution >= 0.6 is 0 Å². The van der Waals surface area contributed by atoms with E-state index in [9.17, 15) is 20.0 Å². The molecule has 0 aliphatic heterocycles. The molecule has 0 fully saturated rings. The zero-order valence-electron chi connectivity index (χ0n) is 10.5. The molecule has 7 nitrogen and oxygen atoms in total. The summed E-state index contributed by atoms with van der Waals surface area (Å²) in [5.74, 6) is -0.570. The minimum absolute atomic E-state index is 0.0120. The number of hydrogen-bond donors (Lipinski definition) is 2. The van der Waals surface area contributed by atoms with Crippen molar-refractivity contribution in [1.82, 2.24) is 4.98 Å². The van der Waals surface area contributed by atoms with Crippen molar-refractivity contribution in [1.29, 1.82) is 0 Å². The highest BCUT2D eigenvalue weighted by Gasteiger charge is 2.12. The lowest BCUT2D eigenvalue weighted by atomic mass is 10.1. The number of nitrogens with zero attached hydrogens (tertiary/aromatic N) is 2. The Balaban J connectivity index is 2.20. The summed E-state index contributed by atoms with van der Waals surface area (Å²) >= 11 is 0. The van der Waals surface area contributed by atoms with Crippen LogP contribution in [0.2, 0.25) is 0 Å². The van der Waals surface area contributed by atoms with Crippen LogP contribution in [0, 0.1) is 17.0 Å². The Morgan fingerprint density at radius 3 is 2.70 bits per heavy atom. The summed E-state index contributed by atoms with van der Waals surface area (Å²) in [5, 5.41) is 22.5. The fourth-order valence-electron chi connectivity index (χ4n) is 1.69. The number of nitro benzene ring substituents is 1. The molecule has 2 N–H and O–H groups in total. The van der Waals surface area contributed by atoms with Gasteiger partial charge in [0.15, 0.2) is 0 Å². The van der Waals surface area contributed by atoms with Crippen LogP contribution in [0.3, 0.4) is 0 Å². The number of nitrogens with one attached hydrogen (secondary N) is 1. The van der Waals surface area contributed by atoms with Gasteiger partial charge in [-0.25, -0.2) is 0 Å². The average molecular weight is 273 g/mol. The van der Waals surface area contributed by atoms with Crippen LogP contribution in [0.5, 0.6) is 5.75 Å². The molecule has 1 heterocycles. The molecule has 20 heavy (non-hydrogen) atoms. The Hall–Kier alpha value is -2.96. The fraction of sp³-hybridized carbons (Fsp3) is 0.0769. The molecule has 102 valence electrons. The van der Waals surface area contributed by atoms with Gasteiger partial charge in [0.1, 0.15) is 5.75 Å². The maximum absolute atomic E-state index is 11.9. The summed E-state index contributed by atoms with van der Waals surface area (Å²) < 4.78 is 0. The van der Waals surface area contributed by atoms with Gasteiger partial charge in [0.25, 0.3) is 11.6 Å². The quantitative estimate of drug-likeness (QED) is 0.659. The van der Waals surface area contributed by atoms with Crippen molar-refractivity contribution in [3.63, 3.8) is 0 Å². The number of pyridine rings is 1. The number of benzene rings is 1. The Morgan fingerprint density at radius 2 is 2.10 bits per heavy atom. The van der Waals surface area contributed by atoms with E-state index in [4.69, 9.17) is 0 Å². The molecule has 0 atom stereocenters. The average Bonchev–Trinajstić information content (AvgIpc) is 2.38. The Morgan fingerprint density at radius 1 is 1.35 bits per heavy atom. The number of anilines is 1. The van der Waals surface area contributed by atoms with Crippen LogP contribution in [0.4, 0.5) is 11.4 Å². The molecule has 0 unspecified atom stereocenters. The second kappa shape index (κ2) is 5.35. The number of aromatic nitrogens is 1. The third-order valence-corrected chi connectivity index (χ3v) is 2.64. The molecule has 0 saturated carbocycles. The fourth-order valence-corrected chi connectivity index (χ4v) is 1.69. The number of nitro groups is 1. The molecular formula is C13H11N3O4. The number of carbonyl (C=O) groups is 1. The van der Waals surface area contributed by atoms with Crippen LogP contribution in [-0.2, 0) is 0 Å². The molecule has 0 bridgehead atoms. The number of hydrogen-bond acceptors (Lipinski definition) is 5. The second-order valence-corrected chi connectivity index (χ2v) is 4.14. The molecule has 1 aromatic carbocycles. The molecule has 1 amide bonds. The summed E-state index contributed by atoms with van der Waals surface area (Å²) in [7, 11) is 0. The summed E-state index contributed by atoms with van der Waals surface area (Å²) in [6.45, 7) is 1.59. The SMILES string of the molecule is Cc1cc(NC(=O)c2cncc(O)c2)ccc1[N+](=O)[O-]. The van der Waals surface area contributed by atoms with E-state index >= 15 is 0 Å². The van der Waals surface area contributed by atoms with Gasteiger partial charge >= 0.3 is 0 Å². The monoisotopic (exact) mass is 273 g/mol. The van der Waals surface area contributed by atoms with Gasteiger partial charge < -0.3 is 10.4 Å². The maximum Gasteiger partial charge on any atom is 0.272 e. The van der Waals surface area contributed by atoms with E-state index in [1.54, 1.807) is 6.92 Å². The number of aryl methyl sites for hydroxylation is 1. The van der Waals surface area contributed by atoms with E-state index in [1.807, 2.05) is 0 Å². The molecule has 0 spiro atoms. The highest BCUT2D eigenvalue weighted by Crippen LogP contribution is 2.22. The number of carbonyl (C=O) groups excluding carboxylic acids is 1. The Kier molecular flexibility index (Phi) is 3.60. The summed E-state index contributed by atoms with van der Waals surface area (Å²) in [6.07, 6.45) is 2.53. The second-order valence-electron chi connectivity index (χ2n) is 4.14. The van der Waals surface area contributed by atoms with E-state index in [2.05, 4.69) is 10.3 Å². The van der Waals surface area contributed by atoms with Crippen LogP contribution < -0.4 is 5.32 Å². The van der Waals surface area contributed by atoms with Crippen LogP contribution in [0.25, 0.3) is 0 Å². The first-order chi connectivity index (χ1) is 9.47.